The monoisotopic (exact) mass is 447 g/mol. The summed E-state index contributed by atoms with van der Waals surface area (Å²) in [5, 5.41) is 5.74. The van der Waals surface area contributed by atoms with Gasteiger partial charge >= 0.3 is 0 Å². The van der Waals surface area contributed by atoms with Crippen molar-refractivity contribution in [3.8, 4) is 0 Å². The van der Waals surface area contributed by atoms with Gasteiger partial charge in [0.25, 0.3) is 0 Å². The van der Waals surface area contributed by atoms with E-state index >= 15 is 0 Å². The Morgan fingerprint density at radius 2 is 1.95 bits per heavy atom. The molecular weight excluding hydrogens is 427 g/mol. The van der Waals surface area contributed by atoms with Crippen LogP contribution in [0.3, 0.4) is 0 Å². The molecule has 0 bridgehead atoms. The van der Waals surface area contributed by atoms with Gasteiger partial charge in [0, 0.05) is 32.0 Å². The summed E-state index contributed by atoms with van der Waals surface area (Å²) in [6.45, 7) is 0.494. The first kappa shape index (κ1) is 21.0. The highest BCUT2D eigenvalue weighted by Gasteiger charge is 2.06. The lowest BCUT2D eigenvalue weighted by atomic mass is 10.2. The molecule has 1 rings (SSSR count). The van der Waals surface area contributed by atoms with Crippen LogP contribution in [0.5, 0.6) is 0 Å². The van der Waals surface area contributed by atoms with Gasteiger partial charge in [0.1, 0.15) is 21.5 Å². The highest BCUT2D eigenvalue weighted by atomic mass is 127. The fourth-order valence-electron chi connectivity index (χ4n) is 1.62. The van der Waals surface area contributed by atoms with Gasteiger partial charge in [0.05, 0.1) is 5.75 Å². The molecule has 0 aliphatic carbocycles. The van der Waals surface area contributed by atoms with Gasteiger partial charge in [-0.3, -0.25) is 4.99 Å². The van der Waals surface area contributed by atoms with Crippen LogP contribution in [0.4, 0.5) is 8.78 Å². The third kappa shape index (κ3) is 8.47. The Kier molecular flexibility index (Phi) is 9.49. The van der Waals surface area contributed by atoms with Gasteiger partial charge in [0.2, 0.25) is 0 Å². The second-order valence-electron chi connectivity index (χ2n) is 4.57. The Hall–Kier alpha value is -0.970. The second kappa shape index (κ2) is 9.93. The lowest BCUT2D eigenvalue weighted by Crippen LogP contribution is -2.37. The van der Waals surface area contributed by atoms with E-state index in [1.54, 1.807) is 0 Å². The largest absolute Gasteiger partial charge is 0.356 e. The van der Waals surface area contributed by atoms with Gasteiger partial charge in [-0.25, -0.2) is 17.2 Å². The number of hydrogen-bond acceptors (Lipinski definition) is 3. The number of guanidine groups is 1. The lowest BCUT2D eigenvalue weighted by Gasteiger charge is -2.12. The van der Waals surface area contributed by atoms with Crippen molar-refractivity contribution in [3.05, 3.63) is 35.4 Å². The van der Waals surface area contributed by atoms with Crippen LogP contribution in [0, 0.1) is 11.6 Å². The average Bonchev–Trinajstić information content (AvgIpc) is 2.40. The third-order valence-corrected chi connectivity index (χ3v) is 3.69. The molecule has 0 saturated heterocycles. The predicted octanol–water partition coefficient (Wildman–Crippen LogP) is 1.68. The van der Waals surface area contributed by atoms with Gasteiger partial charge < -0.3 is 10.6 Å². The predicted molar refractivity (Wildman–Crippen MR) is 94.3 cm³/mol. The molecule has 1 aromatic rings. The number of nitrogens with zero attached hydrogens (tertiary/aromatic N) is 1. The summed E-state index contributed by atoms with van der Waals surface area (Å²) in [6, 6.07) is 3.23. The number of hydrogen-bond donors (Lipinski definition) is 2. The standard InChI is InChI=1S/C13H19F2N3O2S.HI/c1-16-13(17-6-3-7-21(2,19)20)18-9-10-8-11(14)4-5-12(10)15;/h4-5,8H,3,6-7,9H2,1-2H3,(H2,16,17,18);1H. The number of nitrogens with one attached hydrogen (secondary N) is 2. The zero-order valence-electron chi connectivity index (χ0n) is 12.4. The van der Waals surface area contributed by atoms with Gasteiger partial charge in [-0.2, -0.15) is 0 Å². The molecule has 0 heterocycles. The molecule has 126 valence electrons. The summed E-state index contributed by atoms with van der Waals surface area (Å²) in [6.07, 6.45) is 1.61. The van der Waals surface area contributed by atoms with Crippen LogP contribution in [-0.2, 0) is 16.4 Å². The van der Waals surface area contributed by atoms with Crippen molar-refractivity contribution in [2.24, 2.45) is 4.99 Å². The molecule has 0 unspecified atom stereocenters. The minimum atomic E-state index is -2.99. The topological polar surface area (TPSA) is 70.6 Å². The van der Waals surface area contributed by atoms with Crippen molar-refractivity contribution >= 4 is 39.8 Å². The number of sulfone groups is 1. The first-order valence-electron chi connectivity index (χ1n) is 6.38. The summed E-state index contributed by atoms with van der Waals surface area (Å²) >= 11 is 0. The first-order valence-corrected chi connectivity index (χ1v) is 8.44. The van der Waals surface area contributed by atoms with Gasteiger partial charge in [-0.15, -0.1) is 24.0 Å². The highest BCUT2D eigenvalue weighted by Crippen LogP contribution is 2.08. The molecule has 22 heavy (non-hydrogen) atoms. The maximum atomic E-state index is 13.4. The molecule has 0 atom stereocenters. The zero-order chi connectivity index (χ0) is 15.9. The van der Waals surface area contributed by atoms with E-state index in [-0.39, 0.29) is 41.8 Å². The molecule has 2 N–H and O–H groups in total. The van der Waals surface area contributed by atoms with E-state index in [4.69, 9.17) is 0 Å². The van der Waals surface area contributed by atoms with Crippen molar-refractivity contribution in [1.82, 2.24) is 10.6 Å². The minimum Gasteiger partial charge on any atom is -0.356 e. The van der Waals surface area contributed by atoms with Crippen LogP contribution < -0.4 is 10.6 Å². The Bertz CT molecular complexity index is 609. The fraction of sp³-hybridized carbons (Fsp3) is 0.462. The van der Waals surface area contributed by atoms with Gasteiger partial charge in [-0.1, -0.05) is 0 Å². The molecule has 0 spiro atoms. The van der Waals surface area contributed by atoms with Crippen molar-refractivity contribution in [3.63, 3.8) is 0 Å². The molecule has 0 aliphatic heterocycles. The van der Waals surface area contributed by atoms with E-state index < -0.39 is 21.5 Å². The lowest BCUT2D eigenvalue weighted by molar-refractivity contribution is 0.581. The molecule has 0 aromatic heterocycles. The number of rotatable bonds is 6. The maximum absolute atomic E-state index is 13.4. The van der Waals surface area contributed by atoms with Gasteiger partial charge in [0.15, 0.2) is 5.96 Å². The quantitative estimate of drug-likeness (QED) is 0.302. The third-order valence-electron chi connectivity index (χ3n) is 2.66. The van der Waals surface area contributed by atoms with Crippen LogP contribution in [0.1, 0.15) is 12.0 Å². The molecule has 0 fully saturated rings. The van der Waals surface area contributed by atoms with E-state index in [2.05, 4.69) is 15.6 Å². The van der Waals surface area contributed by atoms with Crippen molar-refractivity contribution in [1.29, 1.82) is 0 Å². The van der Waals surface area contributed by atoms with Crippen LogP contribution in [0.25, 0.3) is 0 Å². The Morgan fingerprint density at radius 1 is 1.27 bits per heavy atom. The first-order chi connectivity index (χ1) is 9.81. The average molecular weight is 447 g/mol. The number of halogens is 3. The highest BCUT2D eigenvalue weighted by molar-refractivity contribution is 14.0. The SMILES string of the molecule is CN=C(NCCCS(C)(=O)=O)NCc1cc(F)ccc1F.I. The second-order valence-corrected chi connectivity index (χ2v) is 6.83. The Balaban J connectivity index is 0.00000441. The van der Waals surface area contributed by atoms with E-state index in [0.29, 0.717) is 18.9 Å². The molecule has 0 saturated carbocycles. The van der Waals surface area contributed by atoms with Crippen LogP contribution in [0.15, 0.2) is 23.2 Å². The molecule has 0 aliphatic rings. The molecular formula is C13H20F2IN3O2S. The normalized spacial score (nSPS) is 11.7. The Labute approximate surface area is 146 Å². The fourth-order valence-corrected chi connectivity index (χ4v) is 2.29. The van der Waals surface area contributed by atoms with Gasteiger partial charge in [-0.05, 0) is 24.6 Å². The smallest absolute Gasteiger partial charge is 0.191 e. The van der Waals surface area contributed by atoms with Crippen LogP contribution in [0.2, 0.25) is 0 Å². The van der Waals surface area contributed by atoms with E-state index in [1.165, 1.54) is 13.3 Å². The summed E-state index contributed by atoms with van der Waals surface area (Å²) in [7, 11) is -1.45. The summed E-state index contributed by atoms with van der Waals surface area (Å²) in [4.78, 5) is 3.92. The molecule has 5 nitrogen and oxygen atoms in total. The summed E-state index contributed by atoms with van der Waals surface area (Å²) in [5.41, 5.74) is 0.189. The van der Waals surface area contributed by atoms with E-state index in [1.807, 2.05) is 0 Å². The van der Waals surface area contributed by atoms with E-state index in [0.717, 1.165) is 18.2 Å². The summed E-state index contributed by atoms with van der Waals surface area (Å²) < 4.78 is 48.4. The van der Waals surface area contributed by atoms with Crippen LogP contribution in [-0.4, -0.2) is 40.0 Å². The van der Waals surface area contributed by atoms with Crippen molar-refractivity contribution < 1.29 is 17.2 Å². The number of benzene rings is 1. The van der Waals surface area contributed by atoms with Crippen molar-refractivity contribution in [2.45, 2.75) is 13.0 Å². The Morgan fingerprint density at radius 3 is 2.55 bits per heavy atom. The molecule has 9 heteroatoms. The number of aliphatic imine (C=N–C) groups is 1. The van der Waals surface area contributed by atoms with Crippen LogP contribution >= 0.6 is 24.0 Å². The summed E-state index contributed by atoms with van der Waals surface area (Å²) in [5.74, 6) is -0.539. The zero-order valence-corrected chi connectivity index (χ0v) is 15.5. The minimum absolute atomic E-state index is 0. The van der Waals surface area contributed by atoms with Crippen molar-refractivity contribution in [2.75, 3.05) is 25.6 Å². The molecule has 0 radical (unpaired) electrons. The molecule has 1 aromatic carbocycles. The van der Waals surface area contributed by atoms with E-state index in [9.17, 15) is 17.2 Å². The molecule has 0 amide bonds. The maximum Gasteiger partial charge on any atom is 0.191 e.